The first kappa shape index (κ1) is 12.8. The largest absolute Gasteiger partial charge is 0.495 e. The molecule has 0 fully saturated rings. The third kappa shape index (κ3) is 4.11. The zero-order chi connectivity index (χ0) is 12.0. The SMILES string of the molecule is COc1ccc(CCCCC(=O)O)cc1Cl. The lowest BCUT2D eigenvalue weighted by atomic mass is 10.1. The maximum Gasteiger partial charge on any atom is 0.303 e. The van der Waals surface area contributed by atoms with Gasteiger partial charge in [-0.15, -0.1) is 0 Å². The topological polar surface area (TPSA) is 46.5 Å². The van der Waals surface area contributed by atoms with Gasteiger partial charge in [0.25, 0.3) is 0 Å². The van der Waals surface area contributed by atoms with E-state index in [4.69, 9.17) is 21.4 Å². The van der Waals surface area contributed by atoms with Crippen LogP contribution in [-0.2, 0) is 11.2 Å². The van der Waals surface area contributed by atoms with Gasteiger partial charge in [-0.3, -0.25) is 4.79 Å². The number of unbranched alkanes of at least 4 members (excludes halogenated alkanes) is 1. The van der Waals surface area contributed by atoms with Gasteiger partial charge in [0.1, 0.15) is 5.75 Å². The van der Waals surface area contributed by atoms with Crippen molar-refractivity contribution in [2.75, 3.05) is 7.11 Å². The molecule has 1 aromatic carbocycles. The van der Waals surface area contributed by atoms with E-state index in [1.807, 2.05) is 18.2 Å². The number of aliphatic carboxylic acids is 1. The van der Waals surface area contributed by atoms with Gasteiger partial charge in [0.15, 0.2) is 0 Å². The Hall–Kier alpha value is -1.22. The van der Waals surface area contributed by atoms with Crippen LogP contribution >= 0.6 is 11.6 Å². The number of carbonyl (C=O) groups is 1. The fourth-order valence-electron chi connectivity index (χ4n) is 1.47. The number of carboxylic acids is 1. The van der Waals surface area contributed by atoms with Crippen LogP contribution in [0, 0.1) is 0 Å². The minimum Gasteiger partial charge on any atom is -0.495 e. The molecule has 0 spiro atoms. The molecule has 0 aliphatic heterocycles. The molecule has 0 saturated carbocycles. The van der Waals surface area contributed by atoms with E-state index in [1.54, 1.807) is 7.11 Å². The third-order valence-corrected chi connectivity index (χ3v) is 2.62. The first-order valence-corrected chi connectivity index (χ1v) is 5.55. The predicted octanol–water partition coefficient (Wildman–Crippen LogP) is 3.15. The minimum atomic E-state index is -0.743. The van der Waals surface area contributed by atoms with E-state index in [1.165, 1.54) is 0 Å². The molecule has 0 saturated heterocycles. The minimum absolute atomic E-state index is 0.226. The molecule has 0 bridgehead atoms. The van der Waals surface area contributed by atoms with Crippen LogP contribution in [0.2, 0.25) is 5.02 Å². The molecule has 0 heterocycles. The summed E-state index contributed by atoms with van der Waals surface area (Å²) in [5, 5.41) is 9.08. The molecule has 0 aliphatic rings. The molecule has 3 nitrogen and oxygen atoms in total. The number of halogens is 1. The Kier molecular flexibility index (Phi) is 5.12. The predicted molar refractivity (Wildman–Crippen MR) is 63.2 cm³/mol. The van der Waals surface area contributed by atoms with Gasteiger partial charge in [-0.05, 0) is 37.0 Å². The number of carboxylic acid groups (broad SMARTS) is 1. The van der Waals surface area contributed by atoms with Gasteiger partial charge >= 0.3 is 5.97 Å². The highest BCUT2D eigenvalue weighted by atomic mass is 35.5. The van der Waals surface area contributed by atoms with E-state index in [9.17, 15) is 4.79 Å². The van der Waals surface area contributed by atoms with Gasteiger partial charge in [0.2, 0.25) is 0 Å². The summed E-state index contributed by atoms with van der Waals surface area (Å²) < 4.78 is 5.05. The molecule has 1 N–H and O–H groups in total. The molecule has 0 unspecified atom stereocenters. The first-order valence-electron chi connectivity index (χ1n) is 5.17. The van der Waals surface area contributed by atoms with Crippen LogP contribution in [0.15, 0.2) is 18.2 Å². The quantitative estimate of drug-likeness (QED) is 0.780. The fourth-order valence-corrected chi connectivity index (χ4v) is 1.75. The van der Waals surface area contributed by atoms with E-state index in [0.29, 0.717) is 17.2 Å². The van der Waals surface area contributed by atoms with Crippen molar-refractivity contribution in [1.82, 2.24) is 0 Å². The third-order valence-electron chi connectivity index (χ3n) is 2.32. The molecule has 88 valence electrons. The second-order valence-corrected chi connectivity index (χ2v) is 3.98. The lowest BCUT2D eigenvalue weighted by Crippen LogP contribution is -1.95. The highest BCUT2D eigenvalue weighted by Crippen LogP contribution is 2.25. The Morgan fingerprint density at radius 1 is 1.44 bits per heavy atom. The van der Waals surface area contributed by atoms with E-state index >= 15 is 0 Å². The van der Waals surface area contributed by atoms with Gasteiger partial charge in [0, 0.05) is 6.42 Å². The van der Waals surface area contributed by atoms with Gasteiger partial charge in [-0.1, -0.05) is 17.7 Å². The molecule has 1 rings (SSSR count). The second kappa shape index (κ2) is 6.38. The number of rotatable bonds is 6. The monoisotopic (exact) mass is 242 g/mol. The summed E-state index contributed by atoms with van der Waals surface area (Å²) in [5.74, 6) is -0.0799. The molecule has 0 atom stereocenters. The van der Waals surface area contributed by atoms with Crippen LogP contribution in [0.4, 0.5) is 0 Å². The van der Waals surface area contributed by atoms with Gasteiger partial charge in [-0.2, -0.15) is 0 Å². The molecule has 0 aromatic heterocycles. The summed E-state index contributed by atoms with van der Waals surface area (Å²) in [5.41, 5.74) is 1.11. The van der Waals surface area contributed by atoms with Crippen molar-refractivity contribution in [2.24, 2.45) is 0 Å². The van der Waals surface area contributed by atoms with Gasteiger partial charge < -0.3 is 9.84 Å². The Morgan fingerprint density at radius 3 is 2.75 bits per heavy atom. The van der Waals surface area contributed by atoms with Crippen molar-refractivity contribution >= 4 is 17.6 Å². The van der Waals surface area contributed by atoms with Crippen LogP contribution in [0.25, 0.3) is 0 Å². The van der Waals surface area contributed by atoms with Crippen LogP contribution in [-0.4, -0.2) is 18.2 Å². The molecule has 0 radical (unpaired) electrons. The van der Waals surface area contributed by atoms with Gasteiger partial charge in [-0.25, -0.2) is 0 Å². The van der Waals surface area contributed by atoms with E-state index in [-0.39, 0.29) is 6.42 Å². The van der Waals surface area contributed by atoms with Crippen molar-refractivity contribution in [2.45, 2.75) is 25.7 Å². The summed E-state index contributed by atoms with van der Waals surface area (Å²) in [6, 6.07) is 5.64. The zero-order valence-electron chi connectivity index (χ0n) is 9.20. The summed E-state index contributed by atoms with van der Waals surface area (Å²) in [6.07, 6.45) is 2.62. The maximum atomic E-state index is 10.3. The molecule has 16 heavy (non-hydrogen) atoms. The smallest absolute Gasteiger partial charge is 0.303 e. The number of hydrogen-bond acceptors (Lipinski definition) is 2. The summed E-state index contributed by atoms with van der Waals surface area (Å²) in [7, 11) is 1.58. The Balaban J connectivity index is 2.43. The first-order chi connectivity index (χ1) is 7.63. The highest BCUT2D eigenvalue weighted by molar-refractivity contribution is 6.32. The number of hydrogen-bond donors (Lipinski definition) is 1. The van der Waals surface area contributed by atoms with Crippen molar-refractivity contribution in [3.8, 4) is 5.75 Å². The number of methoxy groups -OCH3 is 1. The Bertz CT molecular complexity index is 363. The van der Waals surface area contributed by atoms with Crippen LogP contribution in [0.5, 0.6) is 5.75 Å². The van der Waals surface area contributed by atoms with E-state index in [2.05, 4.69) is 0 Å². The Morgan fingerprint density at radius 2 is 2.19 bits per heavy atom. The summed E-state index contributed by atoms with van der Waals surface area (Å²) in [6.45, 7) is 0. The molecular formula is C12H15ClO3. The molecule has 1 aromatic rings. The van der Waals surface area contributed by atoms with Crippen LogP contribution in [0.3, 0.4) is 0 Å². The van der Waals surface area contributed by atoms with Crippen molar-refractivity contribution in [1.29, 1.82) is 0 Å². The maximum absolute atomic E-state index is 10.3. The normalized spacial score (nSPS) is 10.1. The Labute approximate surface area is 100.0 Å². The summed E-state index contributed by atoms with van der Waals surface area (Å²) >= 11 is 5.97. The molecular weight excluding hydrogens is 228 g/mol. The van der Waals surface area contributed by atoms with Gasteiger partial charge in [0.05, 0.1) is 12.1 Å². The standard InChI is InChI=1S/C12H15ClO3/c1-16-11-7-6-9(8-10(11)13)4-2-3-5-12(14)15/h6-8H,2-5H2,1H3,(H,14,15). The van der Waals surface area contributed by atoms with Crippen molar-refractivity contribution < 1.29 is 14.6 Å². The van der Waals surface area contributed by atoms with Crippen molar-refractivity contribution in [3.63, 3.8) is 0 Å². The fraction of sp³-hybridized carbons (Fsp3) is 0.417. The number of benzene rings is 1. The highest BCUT2D eigenvalue weighted by Gasteiger charge is 2.02. The molecule has 0 aliphatic carbocycles. The second-order valence-electron chi connectivity index (χ2n) is 3.57. The summed E-state index contributed by atoms with van der Waals surface area (Å²) in [4.78, 5) is 10.3. The molecule has 0 amide bonds. The zero-order valence-corrected chi connectivity index (χ0v) is 9.96. The van der Waals surface area contributed by atoms with E-state index in [0.717, 1.165) is 18.4 Å². The van der Waals surface area contributed by atoms with Crippen molar-refractivity contribution in [3.05, 3.63) is 28.8 Å². The van der Waals surface area contributed by atoms with Crippen LogP contribution < -0.4 is 4.74 Å². The molecule has 4 heteroatoms. The number of ether oxygens (including phenoxy) is 1. The van der Waals surface area contributed by atoms with Crippen LogP contribution in [0.1, 0.15) is 24.8 Å². The van der Waals surface area contributed by atoms with E-state index < -0.39 is 5.97 Å². The average molecular weight is 243 g/mol. The lowest BCUT2D eigenvalue weighted by molar-refractivity contribution is -0.137. The average Bonchev–Trinajstić information content (AvgIpc) is 2.24. The lowest BCUT2D eigenvalue weighted by Gasteiger charge is -2.05. The number of aryl methyl sites for hydroxylation is 1.